The smallest absolute Gasteiger partial charge is 0.267 e. The highest BCUT2D eigenvalue weighted by atomic mass is 35.5. The van der Waals surface area contributed by atoms with Crippen molar-refractivity contribution < 1.29 is 0 Å². The van der Waals surface area contributed by atoms with Gasteiger partial charge in [-0.25, -0.2) is 5.10 Å². The Morgan fingerprint density at radius 2 is 2.13 bits per heavy atom. The summed E-state index contributed by atoms with van der Waals surface area (Å²) in [5, 5.41) is 6.87. The summed E-state index contributed by atoms with van der Waals surface area (Å²) < 4.78 is 0. The topological polar surface area (TPSA) is 45.8 Å². The van der Waals surface area contributed by atoms with Crippen LogP contribution in [0.2, 0.25) is 5.02 Å². The van der Waals surface area contributed by atoms with Gasteiger partial charge in [0.1, 0.15) is 0 Å². The van der Waals surface area contributed by atoms with Crippen molar-refractivity contribution in [3.63, 3.8) is 0 Å². The molecule has 2 rings (SSSR count). The van der Waals surface area contributed by atoms with Gasteiger partial charge >= 0.3 is 0 Å². The van der Waals surface area contributed by atoms with Crippen molar-refractivity contribution in [1.29, 1.82) is 0 Å². The van der Waals surface area contributed by atoms with Crippen LogP contribution in [-0.2, 0) is 0 Å². The van der Waals surface area contributed by atoms with E-state index < -0.39 is 0 Å². The van der Waals surface area contributed by atoms with E-state index >= 15 is 0 Å². The van der Waals surface area contributed by atoms with Gasteiger partial charge in [0.2, 0.25) is 0 Å². The van der Waals surface area contributed by atoms with Crippen molar-refractivity contribution >= 4 is 11.6 Å². The van der Waals surface area contributed by atoms with Gasteiger partial charge in [-0.1, -0.05) is 23.7 Å². The first-order valence-corrected chi connectivity index (χ1v) is 4.87. The maximum absolute atomic E-state index is 11.5. The summed E-state index contributed by atoms with van der Waals surface area (Å²) in [6, 6.07) is 8.92. The second-order valence-corrected chi connectivity index (χ2v) is 3.70. The lowest BCUT2D eigenvalue weighted by atomic mass is 10.1. The van der Waals surface area contributed by atoms with Gasteiger partial charge in [0, 0.05) is 5.02 Å². The van der Waals surface area contributed by atoms with Crippen LogP contribution in [-0.4, -0.2) is 10.2 Å². The first kappa shape index (κ1) is 9.93. The van der Waals surface area contributed by atoms with Crippen LogP contribution in [0.1, 0.15) is 5.69 Å². The summed E-state index contributed by atoms with van der Waals surface area (Å²) in [6.45, 7) is 1.82. The summed E-state index contributed by atoms with van der Waals surface area (Å²) in [5.74, 6) is 0. The van der Waals surface area contributed by atoms with E-state index in [2.05, 4.69) is 10.2 Å². The molecule has 0 fully saturated rings. The fourth-order valence-corrected chi connectivity index (χ4v) is 1.57. The molecule has 0 aliphatic heterocycles. The van der Waals surface area contributed by atoms with E-state index in [9.17, 15) is 4.79 Å². The zero-order valence-electron chi connectivity index (χ0n) is 8.12. The van der Waals surface area contributed by atoms with Crippen molar-refractivity contribution in [3.05, 3.63) is 51.4 Å². The number of H-pyrrole nitrogens is 1. The van der Waals surface area contributed by atoms with E-state index in [4.69, 9.17) is 11.6 Å². The second-order valence-electron chi connectivity index (χ2n) is 3.26. The maximum Gasteiger partial charge on any atom is 0.272 e. The van der Waals surface area contributed by atoms with Crippen molar-refractivity contribution in [2.75, 3.05) is 0 Å². The minimum absolute atomic E-state index is 0.206. The van der Waals surface area contributed by atoms with Crippen LogP contribution in [0.25, 0.3) is 11.1 Å². The van der Waals surface area contributed by atoms with Crippen LogP contribution in [0.5, 0.6) is 0 Å². The summed E-state index contributed by atoms with van der Waals surface area (Å²) in [6.07, 6.45) is 0. The second kappa shape index (κ2) is 3.87. The number of halogens is 1. The van der Waals surface area contributed by atoms with Crippen LogP contribution < -0.4 is 5.56 Å². The molecule has 76 valence electrons. The summed E-state index contributed by atoms with van der Waals surface area (Å²) in [7, 11) is 0. The Kier molecular flexibility index (Phi) is 2.56. The van der Waals surface area contributed by atoms with Crippen LogP contribution in [0.3, 0.4) is 0 Å². The number of aromatic nitrogens is 2. The Bertz CT molecular complexity index is 548. The van der Waals surface area contributed by atoms with Crippen molar-refractivity contribution in [2.45, 2.75) is 6.92 Å². The fraction of sp³-hybridized carbons (Fsp3) is 0.0909. The molecule has 15 heavy (non-hydrogen) atoms. The Morgan fingerprint density at radius 3 is 2.87 bits per heavy atom. The predicted molar refractivity (Wildman–Crippen MR) is 60.0 cm³/mol. The van der Waals surface area contributed by atoms with E-state index in [1.165, 1.54) is 0 Å². The van der Waals surface area contributed by atoms with E-state index in [0.29, 0.717) is 10.6 Å². The number of aromatic amines is 1. The summed E-state index contributed by atoms with van der Waals surface area (Å²) >= 11 is 5.86. The number of benzene rings is 1. The summed E-state index contributed by atoms with van der Waals surface area (Å²) in [4.78, 5) is 11.5. The third kappa shape index (κ3) is 2.07. The number of rotatable bonds is 1. The number of aryl methyl sites for hydroxylation is 1. The van der Waals surface area contributed by atoms with Crippen LogP contribution in [0, 0.1) is 6.92 Å². The lowest BCUT2D eigenvalue weighted by Crippen LogP contribution is -2.11. The minimum Gasteiger partial charge on any atom is -0.267 e. The molecule has 0 saturated carbocycles. The highest BCUT2D eigenvalue weighted by molar-refractivity contribution is 6.30. The first-order valence-electron chi connectivity index (χ1n) is 4.49. The molecule has 0 bridgehead atoms. The molecule has 0 aliphatic carbocycles. The molecule has 1 N–H and O–H groups in total. The Balaban J connectivity index is 2.63. The molecule has 0 spiro atoms. The van der Waals surface area contributed by atoms with Gasteiger partial charge in [-0.2, -0.15) is 5.10 Å². The zero-order valence-corrected chi connectivity index (χ0v) is 8.88. The molecule has 1 aromatic carbocycles. The molecule has 3 nitrogen and oxygen atoms in total. The molecule has 0 saturated heterocycles. The van der Waals surface area contributed by atoms with Crippen LogP contribution >= 0.6 is 11.6 Å². The van der Waals surface area contributed by atoms with E-state index in [1.54, 1.807) is 18.2 Å². The third-order valence-corrected chi connectivity index (χ3v) is 2.30. The zero-order chi connectivity index (χ0) is 10.8. The quantitative estimate of drug-likeness (QED) is 0.802. The number of nitrogens with zero attached hydrogens (tertiary/aromatic N) is 1. The molecule has 4 heteroatoms. The highest BCUT2D eigenvalue weighted by Crippen LogP contribution is 2.19. The van der Waals surface area contributed by atoms with Gasteiger partial charge in [0.15, 0.2) is 0 Å². The van der Waals surface area contributed by atoms with Gasteiger partial charge in [-0.05, 0) is 30.7 Å². The van der Waals surface area contributed by atoms with Crippen molar-refractivity contribution in [2.24, 2.45) is 0 Å². The number of nitrogens with one attached hydrogen (secondary N) is 1. The van der Waals surface area contributed by atoms with Crippen LogP contribution in [0.15, 0.2) is 35.1 Å². The molecular formula is C11H9ClN2O. The third-order valence-electron chi connectivity index (χ3n) is 2.07. The Morgan fingerprint density at radius 1 is 1.33 bits per heavy atom. The molecule has 1 aromatic heterocycles. The molecule has 1 heterocycles. The SMILES string of the molecule is Cc1cc(-c2cccc(Cl)c2)c(=O)[nH]n1. The van der Waals surface area contributed by atoms with Crippen molar-refractivity contribution in [3.8, 4) is 11.1 Å². The number of hydrogen-bond acceptors (Lipinski definition) is 2. The van der Waals surface area contributed by atoms with E-state index in [-0.39, 0.29) is 5.56 Å². The highest BCUT2D eigenvalue weighted by Gasteiger charge is 2.04. The normalized spacial score (nSPS) is 10.3. The molecular weight excluding hydrogens is 212 g/mol. The molecule has 0 amide bonds. The molecule has 0 radical (unpaired) electrons. The van der Waals surface area contributed by atoms with Gasteiger partial charge < -0.3 is 0 Å². The van der Waals surface area contributed by atoms with Gasteiger partial charge in [0.05, 0.1) is 11.3 Å². The lowest BCUT2D eigenvalue weighted by Gasteiger charge is -2.01. The van der Waals surface area contributed by atoms with E-state index in [0.717, 1.165) is 11.3 Å². The fourth-order valence-electron chi connectivity index (χ4n) is 1.38. The van der Waals surface area contributed by atoms with Gasteiger partial charge in [0.25, 0.3) is 5.56 Å². The summed E-state index contributed by atoms with van der Waals surface area (Å²) in [5.41, 5.74) is 1.95. The molecule has 2 aromatic rings. The average Bonchev–Trinajstić information content (AvgIpc) is 2.22. The standard InChI is InChI=1S/C11H9ClN2O/c1-7-5-10(11(15)14-13-7)8-3-2-4-9(12)6-8/h2-6H,1H3,(H,14,15). The van der Waals surface area contributed by atoms with Gasteiger partial charge in [-0.15, -0.1) is 0 Å². The minimum atomic E-state index is -0.206. The Hall–Kier alpha value is -1.61. The van der Waals surface area contributed by atoms with E-state index in [1.807, 2.05) is 19.1 Å². The predicted octanol–water partition coefficient (Wildman–Crippen LogP) is 2.40. The first-order chi connectivity index (χ1) is 7.16. The van der Waals surface area contributed by atoms with Crippen LogP contribution in [0.4, 0.5) is 0 Å². The largest absolute Gasteiger partial charge is 0.272 e. The maximum atomic E-state index is 11.5. The Labute approximate surface area is 91.7 Å². The monoisotopic (exact) mass is 220 g/mol. The molecule has 0 aliphatic rings. The van der Waals surface area contributed by atoms with Gasteiger partial charge in [-0.3, -0.25) is 4.79 Å². The average molecular weight is 221 g/mol. The molecule has 0 atom stereocenters. The van der Waals surface area contributed by atoms with Crippen molar-refractivity contribution in [1.82, 2.24) is 10.2 Å². The number of hydrogen-bond donors (Lipinski definition) is 1. The molecule has 0 unspecified atom stereocenters. The lowest BCUT2D eigenvalue weighted by molar-refractivity contribution is 0.949.